The summed E-state index contributed by atoms with van der Waals surface area (Å²) >= 11 is 0. The predicted octanol–water partition coefficient (Wildman–Crippen LogP) is 1.16. The van der Waals surface area contributed by atoms with Gasteiger partial charge in [-0.3, -0.25) is 4.68 Å². The maximum absolute atomic E-state index is 11.6. The van der Waals surface area contributed by atoms with Crippen LogP contribution >= 0.6 is 0 Å². The molecule has 1 N–H and O–H groups in total. The quantitative estimate of drug-likeness (QED) is 0.801. The number of ether oxygens (including phenoxy) is 1. The third kappa shape index (κ3) is 2.49. The second-order valence-electron chi connectivity index (χ2n) is 4.31. The molecule has 2 rings (SSSR count). The summed E-state index contributed by atoms with van der Waals surface area (Å²) in [4.78, 5) is 11.6. The molecule has 1 saturated heterocycles. The van der Waals surface area contributed by atoms with E-state index in [1.165, 1.54) is 7.11 Å². The Morgan fingerprint density at radius 2 is 2.53 bits per heavy atom. The van der Waals surface area contributed by atoms with Gasteiger partial charge in [0.2, 0.25) is 0 Å². The molecule has 1 fully saturated rings. The number of carbonyl (C=O) groups excluding carboxylic acids is 1. The van der Waals surface area contributed by atoms with Crippen molar-refractivity contribution < 1.29 is 9.53 Å². The van der Waals surface area contributed by atoms with Crippen molar-refractivity contribution in [3.63, 3.8) is 0 Å². The van der Waals surface area contributed by atoms with Gasteiger partial charge in [-0.1, -0.05) is 0 Å². The molecular weight excluding hydrogens is 218 g/mol. The monoisotopic (exact) mass is 237 g/mol. The van der Waals surface area contributed by atoms with Crippen LogP contribution in [-0.2, 0) is 11.3 Å². The van der Waals surface area contributed by atoms with Crippen molar-refractivity contribution in [2.45, 2.75) is 32.2 Å². The number of hydrogen-bond acceptors (Lipinski definition) is 4. The van der Waals surface area contributed by atoms with Crippen LogP contribution in [0.4, 0.5) is 0 Å². The lowest BCUT2D eigenvalue weighted by Gasteiger charge is -2.20. The van der Waals surface area contributed by atoms with Crippen molar-refractivity contribution in [2.75, 3.05) is 20.2 Å². The fourth-order valence-corrected chi connectivity index (χ4v) is 2.25. The van der Waals surface area contributed by atoms with Crippen LogP contribution in [0.1, 0.15) is 41.9 Å². The molecule has 0 aliphatic carbocycles. The Morgan fingerprint density at radius 1 is 1.71 bits per heavy atom. The van der Waals surface area contributed by atoms with Crippen LogP contribution in [0.2, 0.25) is 0 Å². The number of piperidine rings is 1. The molecule has 0 radical (unpaired) electrons. The van der Waals surface area contributed by atoms with Crippen LogP contribution in [0.3, 0.4) is 0 Å². The highest BCUT2D eigenvalue weighted by atomic mass is 16.5. The second kappa shape index (κ2) is 5.31. The van der Waals surface area contributed by atoms with Crippen LogP contribution in [0.15, 0.2) is 6.07 Å². The van der Waals surface area contributed by atoms with Crippen LogP contribution in [0.25, 0.3) is 0 Å². The number of hydrogen-bond donors (Lipinski definition) is 1. The first-order valence-corrected chi connectivity index (χ1v) is 6.13. The highest BCUT2D eigenvalue weighted by Gasteiger charge is 2.22. The van der Waals surface area contributed by atoms with Gasteiger partial charge in [0.25, 0.3) is 0 Å². The van der Waals surface area contributed by atoms with E-state index in [-0.39, 0.29) is 5.97 Å². The Hall–Kier alpha value is -1.36. The van der Waals surface area contributed by atoms with Crippen molar-refractivity contribution in [1.82, 2.24) is 15.1 Å². The number of aryl methyl sites for hydroxylation is 1. The second-order valence-corrected chi connectivity index (χ2v) is 4.31. The van der Waals surface area contributed by atoms with Crippen LogP contribution in [0.5, 0.6) is 0 Å². The Labute approximate surface area is 101 Å². The van der Waals surface area contributed by atoms with Crippen molar-refractivity contribution >= 4 is 5.97 Å². The fourth-order valence-electron chi connectivity index (χ4n) is 2.25. The molecule has 0 aromatic carbocycles. The molecule has 1 aromatic rings. The highest BCUT2D eigenvalue weighted by molar-refractivity contribution is 5.87. The van der Waals surface area contributed by atoms with Crippen molar-refractivity contribution in [1.29, 1.82) is 0 Å². The average molecular weight is 237 g/mol. The van der Waals surface area contributed by atoms with Crippen molar-refractivity contribution in [2.24, 2.45) is 0 Å². The first kappa shape index (κ1) is 12.1. The lowest BCUT2D eigenvalue weighted by atomic mass is 9.96. The van der Waals surface area contributed by atoms with E-state index in [9.17, 15) is 4.79 Å². The molecule has 0 bridgehead atoms. The molecule has 0 spiro atoms. The van der Waals surface area contributed by atoms with E-state index in [1.54, 1.807) is 4.68 Å². The van der Waals surface area contributed by atoms with E-state index in [4.69, 9.17) is 4.74 Å². The first-order chi connectivity index (χ1) is 8.26. The summed E-state index contributed by atoms with van der Waals surface area (Å²) in [5.41, 5.74) is 1.55. The summed E-state index contributed by atoms with van der Waals surface area (Å²) in [6.07, 6.45) is 2.30. The van der Waals surface area contributed by atoms with Gasteiger partial charge in [0.15, 0.2) is 0 Å². The Bertz CT molecular complexity index is 394. The third-order valence-corrected chi connectivity index (χ3v) is 3.21. The molecule has 1 aromatic heterocycles. The zero-order chi connectivity index (χ0) is 12.3. The Balaban J connectivity index is 2.23. The zero-order valence-corrected chi connectivity index (χ0v) is 10.4. The number of methoxy groups -OCH3 is 1. The Morgan fingerprint density at radius 3 is 3.12 bits per heavy atom. The average Bonchev–Trinajstić information content (AvgIpc) is 2.83. The topological polar surface area (TPSA) is 56.2 Å². The summed E-state index contributed by atoms with van der Waals surface area (Å²) < 4.78 is 6.48. The number of nitrogens with one attached hydrogen (secondary N) is 1. The number of esters is 1. The summed E-state index contributed by atoms with van der Waals surface area (Å²) in [6, 6.07) is 1.87. The van der Waals surface area contributed by atoms with Gasteiger partial charge in [-0.15, -0.1) is 0 Å². The normalized spacial score (nSPS) is 20.2. The molecule has 5 nitrogen and oxygen atoms in total. The van der Waals surface area contributed by atoms with Gasteiger partial charge in [-0.25, -0.2) is 4.79 Å². The van der Waals surface area contributed by atoms with Crippen LogP contribution in [0, 0.1) is 0 Å². The van der Waals surface area contributed by atoms with Gasteiger partial charge in [0.05, 0.1) is 12.8 Å². The molecule has 0 unspecified atom stereocenters. The van der Waals surface area contributed by atoms with E-state index in [1.807, 2.05) is 13.0 Å². The van der Waals surface area contributed by atoms with Gasteiger partial charge in [0, 0.05) is 19.0 Å². The summed E-state index contributed by atoms with van der Waals surface area (Å²) in [5.74, 6) is 0.106. The minimum atomic E-state index is -0.311. The SMILES string of the molecule is CCn1nc([C@H]2CCCNC2)cc1C(=O)OC. The molecule has 1 aliphatic rings. The largest absolute Gasteiger partial charge is 0.464 e. The van der Waals surface area contributed by atoms with Gasteiger partial charge in [-0.2, -0.15) is 5.10 Å². The molecule has 1 aliphatic heterocycles. The maximum Gasteiger partial charge on any atom is 0.356 e. The summed E-state index contributed by atoms with van der Waals surface area (Å²) in [5, 5.41) is 7.86. The molecule has 1 atom stereocenters. The molecule has 0 amide bonds. The van der Waals surface area contributed by atoms with E-state index in [2.05, 4.69) is 10.4 Å². The van der Waals surface area contributed by atoms with E-state index >= 15 is 0 Å². The molecule has 5 heteroatoms. The van der Waals surface area contributed by atoms with Gasteiger partial charge in [0.1, 0.15) is 5.69 Å². The minimum absolute atomic E-state index is 0.311. The molecule has 17 heavy (non-hydrogen) atoms. The summed E-state index contributed by atoms with van der Waals surface area (Å²) in [7, 11) is 1.40. The third-order valence-electron chi connectivity index (χ3n) is 3.21. The number of rotatable bonds is 3. The van der Waals surface area contributed by atoms with Crippen LogP contribution in [-0.4, -0.2) is 35.9 Å². The molecular formula is C12H19N3O2. The Kier molecular flexibility index (Phi) is 3.78. The highest BCUT2D eigenvalue weighted by Crippen LogP contribution is 2.23. The van der Waals surface area contributed by atoms with Crippen molar-refractivity contribution in [3.05, 3.63) is 17.5 Å². The van der Waals surface area contributed by atoms with E-state index in [0.29, 0.717) is 18.2 Å². The molecule has 0 saturated carbocycles. The number of nitrogens with zero attached hydrogens (tertiary/aromatic N) is 2. The minimum Gasteiger partial charge on any atom is -0.464 e. The zero-order valence-electron chi connectivity index (χ0n) is 10.4. The first-order valence-electron chi connectivity index (χ1n) is 6.13. The lowest BCUT2D eigenvalue weighted by Crippen LogP contribution is -2.28. The smallest absolute Gasteiger partial charge is 0.356 e. The van der Waals surface area contributed by atoms with Crippen LogP contribution < -0.4 is 5.32 Å². The van der Waals surface area contributed by atoms with E-state index in [0.717, 1.165) is 31.6 Å². The maximum atomic E-state index is 11.6. The molecule has 94 valence electrons. The number of carbonyl (C=O) groups is 1. The molecule has 2 heterocycles. The standard InChI is InChI=1S/C12H19N3O2/c1-3-15-11(12(16)17-2)7-10(14-15)9-5-4-6-13-8-9/h7,9,13H,3-6,8H2,1-2H3/t9-/m0/s1. The lowest BCUT2D eigenvalue weighted by molar-refractivity contribution is 0.0587. The van der Waals surface area contributed by atoms with Crippen molar-refractivity contribution in [3.8, 4) is 0 Å². The van der Waals surface area contributed by atoms with Gasteiger partial charge >= 0.3 is 5.97 Å². The number of aromatic nitrogens is 2. The summed E-state index contributed by atoms with van der Waals surface area (Å²) in [6.45, 7) is 4.68. The van der Waals surface area contributed by atoms with E-state index < -0.39 is 0 Å². The van der Waals surface area contributed by atoms with Gasteiger partial charge < -0.3 is 10.1 Å². The van der Waals surface area contributed by atoms with Gasteiger partial charge in [-0.05, 0) is 32.4 Å². The fraction of sp³-hybridized carbons (Fsp3) is 0.667. The predicted molar refractivity (Wildman–Crippen MR) is 64.1 cm³/mol.